The van der Waals surface area contributed by atoms with Crippen LogP contribution in [0.15, 0.2) is 47.0 Å². The van der Waals surface area contributed by atoms with Gasteiger partial charge < -0.3 is 9.63 Å². The molecule has 1 aromatic heterocycles. The number of phenols is 1. The lowest BCUT2D eigenvalue weighted by Crippen LogP contribution is -1.85. The maximum Gasteiger partial charge on any atom is 0.258 e. The van der Waals surface area contributed by atoms with Crippen molar-refractivity contribution in [3.8, 4) is 28.6 Å². The Labute approximate surface area is 120 Å². The molecule has 20 heavy (non-hydrogen) atoms. The van der Waals surface area contributed by atoms with Gasteiger partial charge >= 0.3 is 0 Å². The highest BCUT2D eigenvalue weighted by Crippen LogP contribution is 2.29. The lowest BCUT2D eigenvalue weighted by atomic mass is 10.1. The molecular weight excluding hydrogens is 276 g/mol. The summed E-state index contributed by atoms with van der Waals surface area (Å²) in [5, 5.41) is 13.9. The monoisotopic (exact) mass is 286 g/mol. The molecule has 5 heteroatoms. The highest BCUT2D eigenvalue weighted by molar-refractivity contribution is 6.31. The van der Waals surface area contributed by atoms with Crippen molar-refractivity contribution < 1.29 is 9.63 Å². The summed E-state index contributed by atoms with van der Waals surface area (Å²) in [5.74, 6) is 1.09. The third kappa shape index (κ3) is 2.26. The van der Waals surface area contributed by atoms with Gasteiger partial charge in [-0.15, -0.1) is 0 Å². The number of nitrogens with zero attached hydrogens (tertiary/aromatic N) is 2. The zero-order valence-corrected chi connectivity index (χ0v) is 11.4. The minimum Gasteiger partial charge on any atom is -0.508 e. The van der Waals surface area contributed by atoms with Crippen molar-refractivity contribution in [1.29, 1.82) is 0 Å². The molecule has 0 fully saturated rings. The maximum absolute atomic E-state index is 9.27. The van der Waals surface area contributed by atoms with Crippen molar-refractivity contribution in [1.82, 2.24) is 10.1 Å². The average molecular weight is 287 g/mol. The van der Waals surface area contributed by atoms with Crippen LogP contribution in [-0.4, -0.2) is 15.2 Å². The van der Waals surface area contributed by atoms with Crippen molar-refractivity contribution >= 4 is 11.6 Å². The summed E-state index contributed by atoms with van der Waals surface area (Å²) in [6, 6.07) is 12.2. The quantitative estimate of drug-likeness (QED) is 0.771. The Morgan fingerprint density at radius 2 is 1.85 bits per heavy atom. The summed E-state index contributed by atoms with van der Waals surface area (Å²) in [6.07, 6.45) is 0. The van der Waals surface area contributed by atoms with Crippen molar-refractivity contribution in [3.63, 3.8) is 0 Å². The van der Waals surface area contributed by atoms with E-state index in [0.717, 1.165) is 16.7 Å². The van der Waals surface area contributed by atoms with Crippen molar-refractivity contribution in [2.45, 2.75) is 6.92 Å². The minimum atomic E-state index is 0.197. The molecule has 0 bridgehead atoms. The average Bonchev–Trinajstić information content (AvgIpc) is 2.92. The van der Waals surface area contributed by atoms with Crippen LogP contribution >= 0.6 is 11.6 Å². The molecule has 0 saturated heterocycles. The Balaban J connectivity index is 2.02. The van der Waals surface area contributed by atoms with E-state index in [-0.39, 0.29) is 5.75 Å². The van der Waals surface area contributed by atoms with Crippen LogP contribution in [-0.2, 0) is 0 Å². The zero-order valence-electron chi connectivity index (χ0n) is 10.7. The number of phenolic OH excluding ortho intramolecular Hbond substituents is 1. The number of aromatic hydroxyl groups is 1. The summed E-state index contributed by atoms with van der Waals surface area (Å²) in [5.41, 5.74) is 2.49. The Morgan fingerprint density at radius 1 is 1.10 bits per heavy atom. The molecular formula is C15H11ClN2O2. The first-order valence-electron chi connectivity index (χ1n) is 6.04. The summed E-state index contributed by atoms with van der Waals surface area (Å²) < 4.78 is 5.29. The van der Waals surface area contributed by atoms with Crippen LogP contribution in [0.5, 0.6) is 5.75 Å². The topological polar surface area (TPSA) is 59.2 Å². The Morgan fingerprint density at radius 3 is 2.60 bits per heavy atom. The van der Waals surface area contributed by atoms with Gasteiger partial charge in [-0.25, -0.2) is 0 Å². The van der Waals surface area contributed by atoms with Gasteiger partial charge in [0.05, 0.1) is 0 Å². The number of hydrogen-bond acceptors (Lipinski definition) is 4. The molecule has 0 saturated carbocycles. The van der Waals surface area contributed by atoms with Crippen LogP contribution in [0.25, 0.3) is 22.8 Å². The molecule has 0 amide bonds. The second-order valence-corrected chi connectivity index (χ2v) is 4.79. The molecule has 0 aliphatic rings. The van der Waals surface area contributed by atoms with Crippen molar-refractivity contribution in [3.05, 3.63) is 53.1 Å². The molecule has 0 aliphatic carbocycles. The van der Waals surface area contributed by atoms with Gasteiger partial charge in [0.25, 0.3) is 5.89 Å². The van der Waals surface area contributed by atoms with Crippen LogP contribution in [0.1, 0.15) is 5.56 Å². The molecule has 0 atom stereocenters. The standard InChI is InChI=1S/C15H11ClN2O2/c1-9-12(3-2-4-13(9)16)15-17-14(18-20-15)10-5-7-11(19)8-6-10/h2-8,19H,1H3. The third-order valence-electron chi connectivity index (χ3n) is 3.05. The molecule has 0 aliphatic heterocycles. The molecule has 0 radical (unpaired) electrons. The van der Waals surface area contributed by atoms with E-state index < -0.39 is 0 Å². The molecule has 2 aromatic carbocycles. The number of hydrogen-bond donors (Lipinski definition) is 1. The van der Waals surface area contributed by atoms with Gasteiger partial charge in [0, 0.05) is 16.1 Å². The zero-order chi connectivity index (χ0) is 14.1. The maximum atomic E-state index is 9.27. The Bertz CT molecular complexity index is 751. The molecule has 0 unspecified atom stereocenters. The smallest absolute Gasteiger partial charge is 0.258 e. The van der Waals surface area contributed by atoms with Gasteiger partial charge in [-0.2, -0.15) is 4.98 Å². The summed E-state index contributed by atoms with van der Waals surface area (Å²) in [4.78, 5) is 4.36. The van der Waals surface area contributed by atoms with E-state index >= 15 is 0 Å². The molecule has 1 N–H and O–H groups in total. The van der Waals surface area contributed by atoms with Gasteiger partial charge in [0.15, 0.2) is 0 Å². The van der Waals surface area contributed by atoms with Crippen LogP contribution < -0.4 is 0 Å². The number of rotatable bonds is 2. The van der Waals surface area contributed by atoms with Crippen LogP contribution in [0.2, 0.25) is 5.02 Å². The van der Waals surface area contributed by atoms with Gasteiger partial charge in [0.2, 0.25) is 5.82 Å². The molecule has 100 valence electrons. The van der Waals surface area contributed by atoms with E-state index in [1.807, 2.05) is 25.1 Å². The largest absolute Gasteiger partial charge is 0.508 e. The number of halogens is 1. The fraction of sp³-hybridized carbons (Fsp3) is 0.0667. The van der Waals surface area contributed by atoms with Gasteiger partial charge in [-0.05, 0) is 48.9 Å². The lowest BCUT2D eigenvalue weighted by Gasteiger charge is -2.01. The van der Waals surface area contributed by atoms with E-state index in [2.05, 4.69) is 10.1 Å². The van der Waals surface area contributed by atoms with Crippen molar-refractivity contribution in [2.24, 2.45) is 0 Å². The molecule has 1 heterocycles. The highest BCUT2D eigenvalue weighted by Gasteiger charge is 2.13. The van der Waals surface area contributed by atoms with Gasteiger partial charge in [-0.1, -0.05) is 22.8 Å². The SMILES string of the molecule is Cc1c(Cl)cccc1-c1nc(-c2ccc(O)cc2)no1. The van der Waals surface area contributed by atoms with E-state index in [1.165, 1.54) is 0 Å². The van der Waals surface area contributed by atoms with E-state index in [9.17, 15) is 5.11 Å². The first kappa shape index (κ1) is 12.7. The highest BCUT2D eigenvalue weighted by atomic mass is 35.5. The van der Waals surface area contributed by atoms with E-state index in [0.29, 0.717) is 16.7 Å². The number of aromatic nitrogens is 2. The predicted molar refractivity (Wildman–Crippen MR) is 76.6 cm³/mol. The Hall–Kier alpha value is -2.33. The van der Waals surface area contributed by atoms with Crippen LogP contribution in [0.4, 0.5) is 0 Å². The fourth-order valence-corrected chi connectivity index (χ4v) is 2.07. The lowest BCUT2D eigenvalue weighted by molar-refractivity contribution is 0.432. The summed E-state index contributed by atoms with van der Waals surface area (Å²) in [7, 11) is 0. The number of benzene rings is 2. The van der Waals surface area contributed by atoms with E-state index in [4.69, 9.17) is 16.1 Å². The first-order chi connectivity index (χ1) is 9.65. The van der Waals surface area contributed by atoms with Gasteiger partial charge in [-0.3, -0.25) is 0 Å². The summed E-state index contributed by atoms with van der Waals surface area (Å²) in [6.45, 7) is 1.90. The predicted octanol–water partition coefficient (Wildman–Crippen LogP) is 4.07. The molecule has 4 nitrogen and oxygen atoms in total. The molecule has 0 spiro atoms. The van der Waals surface area contributed by atoms with Crippen LogP contribution in [0.3, 0.4) is 0 Å². The minimum absolute atomic E-state index is 0.197. The second-order valence-electron chi connectivity index (χ2n) is 4.38. The first-order valence-corrected chi connectivity index (χ1v) is 6.41. The normalized spacial score (nSPS) is 10.7. The summed E-state index contributed by atoms with van der Waals surface area (Å²) >= 11 is 6.09. The Kier molecular flexibility index (Phi) is 3.16. The van der Waals surface area contributed by atoms with E-state index in [1.54, 1.807) is 24.3 Å². The second kappa shape index (κ2) is 4.98. The van der Waals surface area contributed by atoms with Gasteiger partial charge in [0.1, 0.15) is 5.75 Å². The third-order valence-corrected chi connectivity index (χ3v) is 3.46. The van der Waals surface area contributed by atoms with Crippen LogP contribution in [0, 0.1) is 6.92 Å². The molecule has 3 rings (SSSR count). The fourth-order valence-electron chi connectivity index (χ4n) is 1.90. The molecule has 3 aromatic rings. The van der Waals surface area contributed by atoms with Crippen molar-refractivity contribution in [2.75, 3.05) is 0 Å².